The quantitative estimate of drug-likeness (QED) is 0.841. The summed E-state index contributed by atoms with van der Waals surface area (Å²) >= 11 is 0. The van der Waals surface area contributed by atoms with Crippen molar-refractivity contribution in [3.63, 3.8) is 0 Å². The molecule has 1 aromatic heterocycles. The van der Waals surface area contributed by atoms with E-state index in [4.69, 9.17) is 0 Å². The third-order valence-corrected chi connectivity index (χ3v) is 2.27. The molecule has 0 aliphatic carbocycles. The van der Waals surface area contributed by atoms with E-state index < -0.39 is 11.6 Å². The zero-order valence-corrected chi connectivity index (χ0v) is 9.14. The molecule has 1 aromatic carbocycles. The Balaban J connectivity index is 2.33. The third kappa shape index (κ3) is 2.04. The van der Waals surface area contributed by atoms with E-state index in [1.807, 2.05) is 13.8 Å². The fourth-order valence-corrected chi connectivity index (χ4v) is 1.45. The molecule has 16 heavy (non-hydrogen) atoms. The van der Waals surface area contributed by atoms with Crippen molar-refractivity contribution in [3.8, 4) is 0 Å². The minimum atomic E-state index is -0.899. The van der Waals surface area contributed by atoms with Gasteiger partial charge in [0.2, 0.25) is 0 Å². The topological polar surface area (TPSA) is 40.7 Å². The molecular weight excluding hydrogens is 212 g/mol. The SMILES string of the molecule is CC(C)NCc1nc2c(F)c(F)ccc2[nH]1. The van der Waals surface area contributed by atoms with Gasteiger partial charge in [0.1, 0.15) is 11.3 Å². The van der Waals surface area contributed by atoms with Gasteiger partial charge < -0.3 is 10.3 Å². The summed E-state index contributed by atoms with van der Waals surface area (Å²) in [7, 11) is 0. The highest BCUT2D eigenvalue weighted by atomic mass is 19.2. The van der Waals surface area contributed by atoms with Gasteiger partial charge in [0.15, 0.2) is 11.6 Å². The van der Waals surface area contributed by atoms with Crippen LogP contribution in [0.25, 0.3) is 11.0 Å². The minimum Gasteiger partial charge on any atom is -0.341 e. The molecule has 0 unspecified atom stereocenters. The molecule has 2 N–H and O–H groups in total. The van der Waals surface area contributed by atoms with Crippen LogP contribution in [-0.2, 0) is 6.54 Å². The average Bonchev–Trinajstić information content (AvgIpc) is 2.64. The highest BCUT2D eigenvalue weighted by Crippen LogP contribution is 2.17. The van der Waals surface area contributed by atoms with Crippen molar-refractivity contribution in [2.45, 2.75) is 26.4 Å². The standard InChI is InChI=1S/C11H13F2N3/c1-6(2)14-5-9-15-8-4-3-7(12)10(13)11(8)16-9/h3-4,6,14H,5H2,1-2H3,(H,15,16). The van der Waals surface area contributed by atoms with E-state index in [1.54, 1.807) is 0 Å². The highest BCUT2D eigenvalue weighted by molar-refractivity contribution is 5.75. The Kier molecular flexibility index (Phi) is 2.87. The van der Waals surface area contributed by atoms with Gasteiger partial charge in [-0.2, -0.15) is 0 Å². The summed E-state index contributed by atoms with van der Waals surface area (Å²) in [6.07, 6.45) is 0. The van der Waals surface area contributed by atoms with Gasteiger partial charge in [0.05, 0.1) is 12.1 Å². The normalized spacial score (nSPS) is 11.6. The maximum atomic E-state index is 13.3. The van der Waals surface area contributed by atoms with Gasteiger partial charge in [-0.1, -0.05) is 13.8 Å². The number of aromatic amines is 1. The van der Waals surface area contributed by atoms with Crippen LogP contribution < -0.4 is 5.32 Å². The molecule has 0 atom stereocenters. The number of benzene rings is 1. The lowest BCUT2D eigenvalue weighted by Gasteiger charge is -2.04. The number of imidazole rings is 1. The minimum absolute atomic E-state index is 0.0561. The molecule has 0 saturated heterocycles. The molecule has 1 heterocycles. The van der Waals surface area contributed by atoms with Crippen LogP contribution >= 0.6 is 0 Å². The van der Waals surface area contributed by atoms with Gasteiger partial charge in [-0.25, -0.2) is 13.8 Å². The summed E-state index contributed by atoms with van der Waals surface area (Å²) in [5.41, 5.74) is 0.569. The summed E-state index contributed by atoms with van der Waals surface area (Å²) in [6, 6.07) is 2.89. The molecule has 0 amide bonds. The first-order chi connectivity index (χ1) is 7.58. The smallest absolute Gasteiger partial charge is 0.186 e. The lowest BCUT2D eigenvalue weighted by atomic mass is 10.3. The van der Waals surface area contributed by atoms with Crippen molar-refractivity contribution in [3.05, 3.63) is 29.6 Å². The summed E-state index contributed by atoms with van der Waals surface area (Å²) < 4.78 is 26.3. The molecule has 0 aliphatic heterocycles. The van der Waals surface area contributed by atoms with Crippen molar-refractivity contribution < 1.29 is 8.78 Å². The van der Waals surface area contributed by atoms with E-state index in [9.17, 15) is 8.78 Å². The van der Waals surface area contributed by atoms with Gasteiger partial charge in [-0.05, 0) is 12.1 Å². The van der Waals surface area contributed by atoms with Crippen LogP contribution in [0.1, 0.15) is 19.7 Å². The molecule has 0 saturated carbocycles. The largest absolute Gasteiger partial charge is 0.341 e. The molecule has 0 aliphatic rings. The molecule has 5 heteroatoms. The van der Waals surface area contributed by atoms with Crippen LogP contribution in [0.15, 0.2) is 12.1 Å². The Hall–Kier alpha value is -1.49. The zero-order valence-electron chi connectivity index (χ0n) is 9.14. The highest BCUT2D eigenvalue weighted by Gasteiger charge is 2.11. The second kappa shape index (κ2) is 4.17. The summed E-state index contributed by atoms with van der Waals surface area (Å²) in [4.78, 5) is 6.95. The Morgan fingerprint density at radius 2 is 2.12 bits per heavy atom. The molecule has 0 fully saturated rings. The van der Waals surface area contributed by atoms with Crippen LogP contribution in [0.5, 0.6) is 0 Å². The van der Waals surface area contributed by atoms with Crippen LogP contribution in [0.4, 0.5) is 8.78 Å². The Morgan fingerprint density at radius 3 is 2.81 bits per heavy atom. The van der Waals surface area contributed by atoms with Gasteiger partial charge in [-0.15, -0.1) is 0 Å². The average molecular weight is 225 g/mol. The zero-order chi connectivity index (χ0) is 11.7. The predicted molar refractivity (Wildman–Crippen MR) is 58.0 cm³/mol. The number of halogens is 2. The van der Waals surface area contributed by atoms with E-state index in [0.717, 1.165) is 6.07 Å². The van der Waals surface area contributed by atoms with Crippen LogP contribution in [0, 0.1) is 11.6 Å². The van der Waals surface area contributed by atoms with Gasteiger partial charge in [0.25, 0.3) is 0 Å². The third-order valence-electron chi connectivity index (χ3n) is 2.27. The first-order valence-electron chi connectivity index (χ1n) is 5.14. The van der Waals surface area contributed by atoms with Crippen molar-refractivity contribution in [1.29, 1.82) is 0 Å². The van der Waals surface area contributed by atoms with E-state index >= 15 is 0 Å². The van der Waals surface area contributed by atoms with Gasteiger partial charge >= 0.3 is 0 Å². The van der Waals surface area contributed by atoms with Crippen LogP contribution in [0.3, 0.4) is 0 Å². The lowest BCUT2D eigenvalue weighted by Crippen LogP contribution is -2.22. The molecule has 0 radical (unpaired) electrons. The second-order valence-electron chi connectivity index (χ2n) is 3.98. The maximum absolute atomic E-state index is 13.3. The van der Waals surface area contributed by atoms with Crippen LogP contribution in [0.2, 0.25) is 0 Å². The van der Waals surface area contributed by atoms with E-state index in [-0.39, 0.29) is 5.52 Å². The number of fused-ring (bicyclic) bond motifs is 1. The summed E-state index contributed by atoms with van der Waals surface area (Å²) in [5, 5.41) is 3.15. The number of hydrogen-bond donors (Lipinski definition) is 2. The molecule has 86 valence electrons. The summed E-state index contributed by atoms with van der Waals surface area (Å²) in [6.45, 7) is 4.51. The molecule has 2 aromatic rings. The van der Waals surface area contributed by atoms with E-state index in [0.29, 0.717) is 23.9 Å². The van der Waals surface area contributed by atoms with Crippen molar-refractivity contribution >= 4 is 11.0 Å². The Bertz CT molecular complexity index is 505. The monoisotopic (exact) mass is 225 g/mol. The number of nitrogens with zero attached hydrogens (tertiary/aromatic N) is 1. The van der Waals surface area contributed by atoms with Gasteiger partial charge in [-0.3, -0.25) is 0 Å². The predicted octanol–water partition coefficient (Wildman–Crippen LogP) is 2.34. The summed E-state index contributed by atoms with van der Waals surface area (Å²) in [5.74, 6) is -1.17. The Morgan fingerprint density at radius 1 is 1.38 bits per heavy atom. The first kappa shape index (κ1) is 11.0. The van der Waals surface area contributed by atoms with Crippen molar-refractivity contribution in [2.75, 3.05) is 0 Å². The van der Waals surface area contributed by atoms with Crippen LogP contribution in [-0.4, -0.2) is 16.0 Å². The Labute approximate surface area is 91.9 Å². The molecular formula is C11H13F2N3. The van der Waals surface area contributed by atoms with Gasteiger partial charge in [0, 0.05) is 6.04 Å². The second-order valence-corrected chi connectivity index (χ2v) is 3.98. The number of aromatic nitrogens is 2. The molecule has 3 nitrogen and oxygen atoms in total. The van der Waals surface area contributed by atoms with E-state index in [2.05, 4.69) is 15.3 Å². The lowest BCUT2D eigenvalue weighted by molar-refractivity contribution is 0.515. The number of rotatable bonds is 3. The first-order valence-corrected chi connectivity index (χ1v) is 5.14. The maximum Gasteiger partial charge on any atom is 0.186 e. The van der Waals surface area contributed by atoms with Crippen molar-refractivity contribution in [1.82, 2.24) is 15.3 Å². The van der Waals surface area contributed by atoms with Crippen molar-refractivity contribution in [2.24, 2.45) is 0 Å². The molecule has 0 bridgehead atoms. The fourth-order valence-electron chi connectivity index (χ4n) is 1.45. The fraction of sp³-hybridized carbons (Fsp3) is 0.364. The van der Waals surface area contributed by atoms with E-state index in [1.165, 1.54) is 6.07 Å². The number of hydrogen-bond acceptors (Lipinski definition) is 2. The number of nitrogens with one attached hydrogen (secondary N) is 2. The molecule has 2 rings (SSSR count). The number of H-pyrrole nitrogens is 1. The molecule has 0 spiro atoms.